The van der Waals surface area contributed by atoms with Gasteiger partial charge in [0.2, 0.25) is 5.95 Å². The van der Waals surface area contributed by atoms with E-state index in [1.807, 2.05) is 30.3 Å². The van der Waals surface area contributed by atoms with Crippen LogP contribution in [-0.4, -0.2) is 28.5 Å². The van der Waals surface area contributed by atoms with Crippen molar-refractivity contribution in [1.29, 1.82) is 0 Å². The number of hydrogen-bond donors (Lipinski definition) is 1. The Balaban J connectivity index is 1.81. The lowest BCUT2D eigenvalue weighted by atomic mass is 10.0. The Hall–Kier alpha value is -2.94. The van der Waals surface area contributed by atoms with Crippen molar-refractivity contribution < 1.29 is 18.3 Å². The molecule has 0 saturated heterocycles. The fraction of sp³-hybridized carbons (Fsp3) is 0.158. The number of methoxy groups -OCH3 is 1. The Morgan fingerprint density at radius 2 is 1.96 bits per heavy atom. The van der Waals surface area contributed by atoms with Crippen LogP contribution >= 0.6 is 15.9 Å². The van der Waals surface area contributed by atoms with Gasteiger partial charge >= 0.3 is 6.61 Å². The number of benzene rings is 2. The van der Waals surface area contributed by atoms with Crippen molar-refractivity contribution in [3.8, 4) is 11.5 Å². The van der Waals surface area contributed by atoms with Crippen LogP contribution in [0.15, 0.2) is 59.3 Å². The summed E-state index contributed by atoms with van der Waals surface area (Å²) in [6, 6.07) is 11.9. The predicted molar refractivity (Wildman–Crippen MR) is 104 cm³/mol. The molecular formula is C19H15BrF2N4O2. The lowest BCUT2D eigenvalue weighted by molar-refractivity contribution is -0.0506. The molecule has 28 heavy (non-hydrogen) atoms. The van der Waals surface area contributed by atoms with Gasteiger partial charge in [-0.25, -0.2) is 4.68 Å². The second-order valence-electron chi connectivity index (χ2n) is 5.97. The second kappa shape index (κ2) is 7.59. The maximum absolute atomic E-state index is 12.9. The largest absolute Gasteiger partial charge is 0.497 e. The summed E-state index contributed by atoms with van der Waals surface area (Å²) in [6.07, 6.45) is 3.30. The van der Waals surface area contributed by atoms with Crippen molar-refractivity contribution in [2.45, 2.75) is 12.7 Å². The molecule has 1 aliphatic heterocycles. The van der Waals surface area contributed by atoms with E-state index >= 15 is 0 Å². The summed E-state index contributed by atoms with van der Waals surface area (Å²) in [6.45, 7) is -2.93. The standard InChI is InChI=1S/C19H15BrF2N4O2/c1-27-13-5-2-11(3-6-13)15-9-16(26-19(25-15)23-10-24-26)14-8-12(20)4-7-17(14)28-18(21)22/h2-10,16,18H,1H3,(H,23,24,25). The number of ether oxygens (including phenoxy) is 2. The van der Waals surface area contributed by atoms with Crippen LogP contribution in [0.25, 0.3) is 5.70 Å². The van der Waals surface area contributed by atoms with Crippen LogP contribution in [0.5, 0.6) is 11.5 Å². The van der Waals surface area contributed by atoms with Crippen LogP contribution in [-0.2, 0) is 0 Å². The van der Waals surface area contributed by atoms with E-state index in [9.17, 15) is 8.78 Å². The molecule has 4 rings (SSSR count). The molecule has 0 saturated carbocycles. The van der Waals surface area contributed by atoms with Crippen LogP contribution in [0.2, 0.25) is 0 Å². The number of nitrogens with one attached hydrogen (secondary N) is 1. The summed E-state index contributed by atoms with van der Waals surface area (Å²) >= 11 is 3.40. The second-order valence-corrected chi connectivity index (χ2v) is 6.88. The van der Waals surface area contributed by atoms with E-state index < -0.39 is 12.7 Å². The molecule has 144 valence electrons. The number of alkyl halides is 2. The molecule has 1 N–H and O–H groups in total. The first-order chi connectivity index (χ1) is 13.5. The quantitative estimate of drug-likeness (QED) is 0.612. The van der Waals surface area contributed by atoms with Gasteiger partial charge < -0.3 is 14.8 Å². The lowest BCUT2D eigenvalue weighted by Gasteiger charge is -2.26. The van der Waals surface area contributed by atoms with Gasteiger partial charge in [-0.05, 0) is 54.1 Å². The number of allylic oxidation sites excluding steroid dienone is 1. The Labute approximate surface area is 167 Å². The molecule has 2 heterocycles. The highest BCUT2D eigenvalue weighted by atomic mass is 79.9. The average molecular weight is 449 g/mol. The zero-order chi connectivity index (χ0) is 19.7. The number of aromatic nitrogens is 3. The van der Waals surface area contributed by atoms with Gasteiger partial charge in [0.05, 0.1) is 7.11 Å². The summed E-state index contributed by atoms with van der Waals surface area (Å²) in [5.74, 6) is 1.32. The van der Waals surface area contributed by atoms with E-state index in [-0.39, 0.29) is 5.75 Å². The van der Waals surface area contributed by atoms with Gasteiger partial charge in [-0.15, -0.1) is 0 Å². The van der Waals surface area contributed by atoms with Gasteiger partial charge in [-0.3, -0.25) is 0 Å². The van der Waals surface area contributed by atoms with E-state index in [1.54, 1.807) is 23.9 Å². The van der Waals surface area contributed by atoms with Crippen molar-refractivity contribution in [1.82, 2.24) is 14.8 Å². The Morgan fingerprint density at radius 1 is 1.18 bits per heavy atom. The molecule has 2 aromatic carbocycles. The van der Waals surface area contributed by atoms with Crippen molar-refractivity contribution >= 4 is 27.6 Å². The average Bonchev–Trinajstić information content (AvgIpc) is 3.17. The topological polar surface area (TPSA) is 61.2 Å². The number of halogens is 3. The Morgan fingerprint density at radius 3 is 2.68 bits per heavy atom. The highest BCUT2D eigenvalue weighted by molar-refractivity contribution is 9.10. The first-order valence-electron chi connectivity index (χ1n) is 8.32. The van der Waals surface area contributed by atoms with Crippen LogP contribution < -0.4 is 14.8 Å². The zero-order valence-electron chi connectivity index (χ0n) is 14.6. The minimum Gasteiger partial charge on any atom is -0.497 e. The molecule has 1 atom stereocenters. The Bertz CT molecular complexity index is 1020. The molecule has 0 fully saturated rings. The van der Waals surface area contributed by atoms with Crippen LogP contribution in [0, 0.1) is 0 Å². The first-order valence-corrected chi connectivity index (χ1v) is 9.11. The molecule has 9 heteroatoms. The third-order valence-electron chi connectivity index (χ3n) is 4.32. The van der Waals surface area contributed by atoms with E-state index in [0.717, 1.165) is 21.5 Å². The summed E-state index contributed by atoms with van der Waals surface area (Å²) in [7, 11) is 1.60. The van der Waals surface area contributed by atoms with Gasteiger partial charge in [0, 0.05) is 15.7 Å². The summed E-state index contributed by atoms with van der Waals surface area (Å²) in [5, 5.41) is 7.45. The molecule has 1 unspecified atom stereocenters. The maximum atomic E-state index is 12.9. The molecule has 0 radical (unpaired) electrons. The van der Waals surface area contributed by atoms with Gasteiger partial charge in [-0.1, -0.05) is 15.9 Å². The number of nitrogens with zero attached hydrogens (tertiary/aromatic N) is 3. The predicted octanol–water partition coefficient (Wildman–Crippen LogP) is 4.71. The van der Waals surface area contributed by atoms with Gasteiger partial charge in [0.15, 0.2) is 0 Å². The zero-order valence-corrected chi connectivity index (χ0v) is 16.2. The third-order valence-corrected chi connectivity index (χ3v) is 4.81. The SMILES string of the molecule is COc1ccc(C2=CC(c3cc(Br)ccc3OC(F)F)n3ncnc3N2)cc1. The van der Waals surface area contributed by atoms with Gasteiger partial charge in [0.1, 0.15) is 23.9 Å². The van der Waals surface area contributed by atoms with Crippen molar-refractivity contribution in [3.63, 3.8) is 0 Å². The molecule has 0 bridgehead atoms. The normalized spacial score (nSPS) is 15.6. The number of rotatable bonds is 5. The van der Waals surface area contributed by atoms with Crippen LogP contribution in [0.4, 0.5) is 14.7 Å². The number of fused-ring (bicyclic) bond motifs is 1. The fourth-order valence-electron chi connectivity index (χ4n) is 3.05. The smallest absolute Gasteiger partial charge is 0.387 e. The van der Waals surface area contributed by atoms with Crippen LogP contribution in [0.3, 0.4) is 0 Å². The van der Waals surface area contributed by atoms with Gasteiger partial charge in [-0.2, -0.15) is 18.9 Å². The van der Waals surface area contributed by atoms with Gasteiger partial charge in [0.25, 0.3) is 0 Å². The summed E-state index contributed by atoms with van der Waals surface area (Å²) in [5.41, 5.74) is 2.21. The fourth-order valence-corrected chi connectivity index (χ4v) is 3.43. The lowest BCUT2D eigenvalue weighted by Crippen LogP contribution is -2.21. The van der Waals surface area contributed by atoms with E-state index in [1.165, 1.54) is 12.4 Å². The molecule has 0 amide bonds. The van der Waals surface area contributed by atoms with Crippen LogP contribution in [0.1, 0.15) is 17.2 Å². The third kappa shape index (κ3) is 3.57. The molecule has 0 spiro atoms. The first kappa shape index (κ1) is 18.4. The molecule has 1 aromatic heterocycles. The molecule has 1 aliphatic rings. The minimum atomic E-state index is -2.93. The maximum Gasteiger partial charge on any atom is 0.387 e. The molecule has 0 aliphatic carbocycles. The molecular weight excluding hydrogens is 434 g/mol. The summed E-state index contributed by atoms with van der Waals surface area (Å²) in [4.78, 5) is 4.23. The van der Waals surface area contributed by atoms with Crippen molar-refractivity contribution in [3.05, 3.63) is 70.5 Å². The number of hydrogen-bond acceptors (Lipinski definition) is 5. The number of anilines is 1. The van der Waals surface area contributed by atoms with Crippen molar-refractivity contribution in [2.24, 2.45) is 0 Å². The van der Waals surface area contributed by atoms with E-state index in [0.29, 0.717) is 11.5 Å². The highest BCUT2D eigenvalue weighted by Gasteiger charge is 2.27. The molecule has 3 aromatic rings. The van der Waals surface area contributed by atoms with E-state index in [2.05, 4.69) is 31.3 Å². The molecule has 6 nitrogen and oxygen atoms in total. The van der Waals surface area contributed by atoms with Crippen molar-refractivity contribution in [2.75, 3.05) is 12.4 Å². The monoisotopic (exact) mass is 448 g/mol. The summed E-state index contributed by atoms with van der Waals surface area (Å²) < 4.78 is 38.1. The highest BCUT2D eigenvalue weighted by Crippen LogP contribution is 2.38. The van der Waals surface area contributed by atoms with E-state index in [4.69, 9.17) is 9.47 Å². The minimum absolute atomic E-state index is 0.0804. The Kier molecular flexibility index (Phi) is 4.99.